The molecule has 1 aliphatic carbocycles. The zero-order chi connectivity index (χ0) is 21.2. The molecule has 1 aromatic carbocycles. The fourth-order valence-corrected chi connectivity index (χ4v) is 4.18. The Bertz CT molecular complexity index is 1090. The normalized spacial score (nSPS) is 18.6. The van der Waals surface area contributed by atoms with Crippen molar-refractivity contribution in [3.63, 3.8) is 0 Å². The van der Waals surface area contributed by atoms with E-state index in [2.05, 4.69) is 10.3 Å². The number of amides is 1. The largest absolute Gasteiger partial charge is 0.342 e. The van der Waals surface area contributed by atoms with Crippen molar-refractivity contribution in [2.75, 3.05) is 18.4 Å². The Morgan fingerprint density at radius 3 is 2.65 bits per heavy atom. The van der Waals surface area contributed by atoms with Crippen molar-refractivity contribution in [2.45, 2.75) is 31.6 Å². The van der Waals surface area contributed by atoms with Crippen LogP contribution in [0.4, 0.5) is 15.9 Å². The highest BCUT2D eigenvalue weighted by Crippen LogP contribution is 2.33. The highest BCUT2D eigenvalue weighted by atomic mass is 19.1. The van der Waals surface area contributed by atoms with Crippen LogP contribution in [0.5, 0.6) is 0 Å². The molecule has 1 atom stereocenters. The molecule has 5 rings (SSSR count). The number of nitrogens with zero attached hydrogens (tertiary/aromatic N) is 4. The van der Waals surface area contributed by atoms with Crippen LogP contribution in [0, 0.1) is 11.7 Å². The number of anilines is 2. The van der Waals surface area contributed by atoms with Gasteiger partial charge < -0.3 is 10.2 Å². The van der Waals surface area contributed by atoms with Crippen molar-refractivity contribution in [1.29, 1.82) is 0 Å². The molecule has 1 aliphatic heterocycles. The Labute approximate surface area is 180 Å². The van der Waals surface area contributed by atoms with Gasteiger partial charge in [0.25, 0.3) is 0 Å². The summed E-state index contributed by atoms with van der Waals surface area (Å²) >= 11 is 0. The lowest BCUT2D eigenvalue weighted by molar-refractivity contribution is -0.137. The number of rotatable bonds is 5. The van der Waals surface area contributed by atoms with E-state index in [4.69, 9.17) is 9.97 Å². The third kappa shape index (κ3) is 4.26. The number of likely N-dealkylation sites (tertiary alicyclic amines) is 1. The van der Waals surface area contributed by atoms with E-state index < -0.39 is 0 Å². The molecule has 3 heterocycles. The molecule has 2 aromatic heterocycles. The molecular weight excluding hydrogens is 393 g/mol. The molecule has 6 nitrogen and oxygen atoms in total. The second-order valence-corrected chi connectivity index (χ2v) is 8.27. The molecular formula is C24H24FN5O. The van der Waals surface area contributed by atoms with E-state index in [0.29, 0.717) is 23.9 Å². The molecule has 7 heteroatoms. The van der Waals surface area contributed by atoms with Crippen LogP contribution >= 0.6 is 0 Å². The maximum absolute atomic E-state index is 13.6. The second kappa shape index (κ2) is 8.41. The Morgan fingerprint density at radius 2 is 1.90 bits per heavy atom. The fourth-order valence-electron chi connectivity index (χ4n) is 4.18. The molecule has 1 amide bonds. The molecule has 31 heavy (non-hydrogen) atoms. The summed E-state index contributed by atoms with van der Waals surface area (Å²) in [7, 11) is 0. The fraction of sp³-hybridized carbons (Fsp3) is 0.333. The highest BCUT2D eigenvalue weighted by molar-refractivity contribution is 5.80. The molecule has 3 aromatic rings. The first kappa shape index (κ1) is 19.6. The maximum Gasteiger partial charge on any atom is 0.225 e. The van der Waals surface area contributed by atoms with E-state index in [0.717, 1.165) is 43.5 Å². The van der Waals surface area contributed by atoms with Gasteiger partial charge in [-0.1, -0.05) is 12.5 Å². The number of hydrogen-bond donors (Lipinski definition) is 1. The van der Waals surface area contributed by atoms with Crippen LogP contribution in [-0.2, 0) is 4.79 Å². The van der Waals surface area contributed by atoms with Crippen molar-refractivity contribution in [3.05, 3.63) is 66.5 Å². The third-order valence-corrected chi connectivity index (χ3v) is 6.14. The van der Waals surface area contributed by atoms with Gasteiger partial charge >= 0.3 is 0 Å². The molecule has 0 bridgehead atoms. The minimum absolute atomic E-state index is 0.0823. The first-order valence-electron chi connectivity index (χ1n) is 10.8. The SMILES string of the molecule is O=C(C1CCC1)N1CC[C@@H](c2nc(Nc3cccc(F)c3)cc(-c3ccncc3)n2)C1. The zero-order valence-electron chi connectivity index (χ0n) is 17.2. The summed E-state index contributed by atoms with van der Waals surface area (Å²) in [5.41, 5.74) is 2.33. The summed E-state index contributed by atoms with van der Waals surface area (Å²) in [4.78, 5) is 28.3. The van der Waals surface area contributed by atoms with Crippen LogP contribution in [-0.4, -0.2) is 38.8 Å². The highest BCUT2D eigenvalue weighted by Gasteiger charge is 2.35. The first-order valence-corrected chi connectivity index (χ1v) is 10.8. The summed E-state index contributed by atoms with van der Waals surface area (Å²) in [5, 5.41) is 3.20. The predicted molar refractivity (Wildman–Crippen MR) is 116 cm³/mol. The second-order valence-electron chi connectivity index (χ2n) is 8.27. The molecule has 0 spiro atoms. The van der Waals surface area contributed by atoms with Gasteiger partial charge in [-0.15, -0.1) is 0 Å². The number of benzene rings is 1. The van der Waals surface area contributed by atoms with Gasteiger partial charge in [0, 0.05) is 54.6 Å². The summed E-state index contributed by atoms with van der Waals surface area (Å²) < 4.78 is 13.6. The molecule has 1 saturated carbocycles. The Kier molecular flexibility index (Phi) is 5.32. The van der Waals surface area contributed by atoms with Gasteiger partial charge in [-0.25, -0.2) is 14.4 Å². The summed E-state index contributed by atoms with van der Waals surface area (Å²) in [6, 6.07) is 12.0. The quantitative estimate of drug-likeness (QED) is 0.660. The number of halogens is 1. The van der Waals surface area contributed by atoms with Crippen molar-refractivity contribution in [1.82, 2.24) is 19.9 Å². The van der Waals surface area contributed by atoms with Crippen molar-refractivity contribution in [2.24, 2.45) is 5.92 Å². The summed E-state index contributed by atoms with van der Waals surface area (Å²) in [6.07, 6.45) is 7.47. The summed E-state index contributed by atoms with van der Waals surface area (Å²) in [6.45, 7) is 1.39. The van der Waals surface area contributed by atoms with E-state index in [1.165, 1.54) is 12.1 Å². The van der Waals surface area contributed by atoms with Gasteiger partial charge in [0.15, 0.2) is 0 Å². The standard InChI is InChI=1S/C24H24FN5O/c25-19-5-2-6-20(13-19)27-22-14-21(16-7-10-26-11-8-16)28-23(29-22)18-9-12-30(15-18)24(31)17-3-1-4-17/h2,5-8,10-11,13-14,17-18H,1,3-4,9,12,15H2,(H,27,28,29)/t18-/m1/s1. The Morgan fingerprint density at radius 1 is 1.06 bits per heavy atom. The van der Waals surface area contributed by atoms with E-state index in [1.807, 2.05) is 23.1 Å². The number of carbonyl (C=O) groups is 1. The lowest BCUT2D eigenvalue weighted by Gasteiger charge is -2.29. The van der Waals surface area contributed by atoms with Crippen LogP contribution in [0.3, 0.4) is 0 Å². The minimum atomic E-state index is -0.311. The van der Waals surface area contributed by atoms with Crippen molar-refractivity contribution < 1.29 is 9.18 Å². The van der Waals surface area contributed by atoms with Gasteiger partial charge in [0.1, 0.15) is 17.5 Å². The van der Waals surface area contributed by atoms with E-state index >= 15 is 0 Å². The molecule has 0 radical (unpaired) electrons. The predicted octanol–water partition coefficient (Wildman–Crippen LogP) is 4.54. The molecule has 1 N–H and O–H groups in total. The molecule has 1 saturated heterocycles. The van der Waals surface area contributed by atoms with E-state index in [-0.39, 0.29) is 23.6 Å². The third-order valence-electron chi connectivity index (χ3n) is 6.14. The van der Waals surface area contributed by atoms with Gasteiger partial charge in [0.05, 0.1) is 5.69 Å². The topological polar surface area (TPSA) is 71.0 Å². The zero-order valence-corrected chi connectivity index (χ0v) is 17.2. The van der Waals surface area contributed by atoms with E-state index in [9.17, 15) is 9.18 Å². The summed E-state index contributed by atoms with van der Waals surface area (Å²) in [5.74, 6) is 1.56. The maximum atomic E-state index is 13.6. The van der Waals surface area contributed by atoms with Crippen LogP contribution < -0.4 is 5.32 Å². The lowest BCUT2D eigenvalue weighted by atomic mass is 9.84. The molecule has 2 fully saturated rings. The van der Waals surface area contributed by atoms with Crippen LogP contribution in [0.25, 0.3) is 11.3 Å². The Hall–Kier alpha value is -3.35. The van der Waals surface area contributed by atoms with Crippen LogP contribution in [0.2, 0.25) is 0 Å². The van der Waals surface area contributed by atoms with Gasteiger partial charge in [0.2, 0.25) is 5.91 Å². The van der Waals surface area contributed by atoms with Crippen LogP contribution in [0.15, 0.2) is 54.9 Å². The van der Waals surface area contributed by atoms with Crippen molar-refractivity contribution in [3.8, 4) is 11.3 Å². The van der Waals surface area contributed by atoms with E-state index in [1.54, 1.807) is 24.5 Å². The molecule has 158 valence electrons. The average molecular weight is 417 g/mol. The minimum Gasteiger partial charge on any atom is -0.342 e. The monoisotopic (exact) mass is 417 g/mol. The van der Waals surface area contributed by atoms with Crippen LogP contribution in [0.1, 0.15) is 37.4 Å². The van der Waals surface area contributed by atoms with Gasteiger partial charge in [-0.05, 0) is 49.6 Å². The van der Waals surface area contributed by atoms with Gasteiger partial charge in [-0.3, -0.25) is 9.78 Å². The lowest BCUT2D eigenvalue weighted by Crippen LogP contribution is -2.37. The Balaban J connectivity index is 1.44. The number of pyridine rings is 1. The number of carbonyl (C=O) groups excluding carboxylic acids is 1. The average Bonchev–Trinajstić information content (AvgIpc) is 3.23. The number of hydrogen-bond acceptors (Lipinski definition) is 5. The first-order chi connectivity index (χ1) is 15.2. The molecule has 0 unspecified atom stereocenters. The number of nitrogens with one attached hydrogen (secondary N) is 1. The molecule has 2 aliphatic rings. The number of aromatic nitrogens is 3. The van der Waals surface area contributed by atoms with Gasteiger partial charge in [-0.2, -0.15) is 0 Å². The smallest absolute Gasteiger partial charge is 0.225 e. The van der Waals surface area contributed by atoms with Crippen molar-refractivity contribution >= 4 is 17.4 Å².